The highest BCUT2D eigenvalue weighted by Gasteiger charge is 2.09. The van der Waals surface area contributed by atoms with Gasteiger partial charge in [0.25, 0.3) is 0 Å². The summed E-state index contributed by atoms with van der Waals surface area (Å²) in [4.78, 5) is 45.4. The van der Waals surface area contributed by atoms with E-state index in [0.717, 1.165) is 0 Å². The lowest BCUT2D eigenvalue weighted by molar-refractivity contribution is -0.144. The largest absolute Gasteiger partial charge is 0.465 e. The normalized spacial score (nSPS) is 21.6. The van der Waals surface area contributed by atoms with Gasteiger partial charge in [0, 0.05) is 25.8 Å². The highest BCUT2D eigenvalue weighted by molar-refractivity contribution is 5.91. The van der Waals surface area contributed by atoms with Crippen LogP contribution in [0.15, 0.2) is 12.2 Å². The molecule has 1 rings (SSSR count). The molecule has 0 saturated carbocycles. The molecule has 0 aliphatic carbocycles. The van der Waals surface area contributed by atoms with E-state index in [1.165, 1.54) is 6.08 Å². The van der Waals surface area contributed by atoms with Gasteiger partial charge in [-0.2, -0.15) is 0 Å². The topological polar surface area (TPSA) is 102 Å². The van der Waals surface area contributed by atoms with E-state index in [1.807, 2.05) is 0 Å². The molecule has 7 nitrogen and oxygen atoms in total. The number of nitrogens with one attached hydrogen (secondary N) is 2. The summed E-state index contributed by atoms with van der Waals surface area (Å²) in [7, 11) is 0. The lowest BCUT2D eigenvalue weighted by Gasteiger charge is -2.06. The summed E-state index contributed by atoms with van der Waals surface area (Å²) >= 11 is 0. The number of Topliss-reactive ketones (excluding diaryl/α,β-unsaturated/α-hetero) is 1. The van der Waals surface area contributed by atoms with Gasteiger partial charge in [0.1, 0.15) is 5.78 Å². The number of hydrogen-bond acceptors (Lipinski definition) is 5. The maximum Gasteiger partial charge on any atom is 0.306 e. The number of carbonyl (C=O) groups is 4. The molecule has 2 amide bonds. The summed E-state index contributed by atoms with van der Waals surface area (Å²) in [6.45, 7) is 0.224. The van der Waals surface area contributed by atoms with Gasteiger partial charge < -0.3 is 15.4 Å². The number of rotatable bonds is 0. The van der Waals surface area contributed by atoms with Crippen molar-refractivity contribution in [1.29, 1.82) is 0 Å². The van der Waals surface area contributed by atoms with Crippen LogP contribution < -0.4 is 10.6 Å². The molecule has 0 atom stereocenters. The number of ether oxygens (including phenoxy) is 1. The van der Waals surface area contributed by atoms with Gasteiger partial charge in [-0.25, -0.2) is 0 Å². The first-order chi connectivity index (χ1) is 9.58. The van der Waals surface area contributed by atoms with Crippen LogP contribution in [-0.4, -0.2) is 43.3 Å². The molecule has 0 unspecified atom stereocenters. The number of amides is 2. The van der Waals surface area contributed by atoms with Gasteiger partial charge in [-0.1, -0.05) is 6.08 Å². The highest BCUT2D eigenvalue weighted by Crippen LogP contribution is 1.98. The lowest BCUT2D eigenvalue weighted by Crippen LogP contribution is -2.37. The van der Waals surface area contributed by atoms with E-state index in [0.29, 0.717) is 6.42 Å². The molecule has 0 fully saturated rings. The second kappa shape index (κ2) is 8.84. The van der Waals surface area contributed by atoms with Gasteiger partial charge in [0.2, 0.25) is 11.8 Å². The van der Waals surface area contributed by atoms with Crippen molar-refractivity contribution >= 4 is 23.6 Å². The Morgan fingerprint density at radius 1 is 1.00 bits per heavy atom. The number of ketones is 1. The molecule has 0 aromatic heterocycles. The smallest absolute Gasteiger partial charge is 0.306 e. The average Bonchev–Trinajstić information content (AvgIpc) is 2.41. The Morgan fingerprint density at radius 2 is 1.80 bits per heavy atom. The summed E-state index contributed by atoms with van der Waals surface area (Å²) in [5.74, 6) is -1.30. The van der Waals surface area contributed by atoms with Crippen LogP contribution in [0.4, 0.5) is 0 Å². The van der Waals surface area contributed by atoms with Gasteiger partial charge in [-0.15, -0.1) is 0 Å². The zero-order valence-electron chi connectivity index (χ0n) is 11.1. The third-order valence-corrected chi connectivity index (χ3v) is 2.57. The lowest BCUT2D eigenvalue weighted by atomic mass is 10.1. The molecule has 1 aliphatic rings. The van der Waals surface area contributed by atoms with E-state index in [-0.39, 0.29) is 50.6 Å². The SMILES string of the molecule is O=C1CCNC(=O)CNC(=O)/C=C\CCOC(=O)CC1. The minimum Gasteiger partial charge on any atom is -0.465 e. The fraction of sp³-hybridized carbons (Fsp3) is 0.538. The van der Waals surface area contributed by atoms with Crippen molar-refractivity contribution in [2.45, 2.75) is 25.7 Å². The Hall–Kier alpha value is -2.18. The van der Waals surface area contributed by atoms with Crippen molar-refractivity contribution in [2.75, 3.05) is 19.7 Å². The Bertz CT molecular complexity index is 417. The van der Waals surface area contributed by atoms with Gasteiger partial charge in [0.05, 0.1) is 19.6 Å². The molecular formula is C13H18N2O5. The Balaban J connectivity index is 2.50. The molecule has 1 heterocycles. The first-order valence-corrected chi connectivity index (χ1v) is 6.46. The standard InChI is InChI=1S/C13H18N2O5/c16-10-4-5-13(19)20-8-2-1-3-11(17)15-9-12(18)14-7-6-10/h1,3H,2,4-9H2,(H,14,18)(H,15,17)/b3-1-. The van der Waals surface area contributed by atoms with Crippen LogP contribution in [0.5, 0.6) is 0 Å². The van der Waals surface area contributed by atoms with Crippen molar-refractivity contribution in [1.82, 2.24) is 10.6 Å². The molecule has 20 heavy (non-hydrogen) atoms. The minimum absolute atomic E-state index is 0.0387. The predicted molar refractivity (Wildman–Crippen MR) is 69.6 cm³/mol. The molecule has 1 aliphatic heterocycles. The quantitative estimate of drug-likeness (QED) is 0.581. The number of cyclic esters (lactones) is 1. The van der Waals surface area contributed by atoms with Crippen LogP contribution >= 0.6 is 0 Å². The van der Waals surface area contributed by atoms with Crippen molar-refractivity contribution in [3.05, 3.63) is 12.2 Å². The van der Waals surface area contributed by atoms with Gasteiger partial charge in [0.15, 0.2) is 0 Å². The fourth-order valence-corrected chi connectivity index (χ4v) is 1.50. The average molecular weight is 282 g/mol. The first kappa shape index (κ1) is 15.9. The van der Waals surface area contributed by atoms with Crippen molar-refractivity contribution < 1.29 is 23.9 Å². The molecule has 0 radical (unpaired) electrons. The van der Waals surface area contributed by atoms with Crippen LogP contribution in [0.2, 0.25) is 0 Å². The first-order valence-electron chi connectivity index (χ1n) is 6.46. The van der Waals surface area contributed by atoms with E-state index >= 15 is 0 Å². The summed E-state index contributed by atoms with van der Waals surface area (Å²) in [6.07, 6.45) is 3.55. The summed E-state index contributed by atoms with van der Waals surface area (Å²) < 4.78 is 4.90. The van der Waals surface area contributed by atoms with Crippen LogP contribution in [-0.2, 0) is 23.9 Å². The van der Waals surface area contributed by atoms with Gasteiger partial charge in [-0.3, -0.25) is 19.2 Å². The Labute approximate surface area is 116 Å². The molecule has 7 heteroatoms. The Morgan fingerprint density at radius 3 is 2.60 bits per heavy atom. The fourth-order valence-electron chi connectivity index (χ4n) is 1.50. The van der Waals surface area contributed by atoms with Crippen molar-refractivity contribution in [3.63, 3.8) is 0 Å². The zero-order valence-corrected chi connectivity index (χ0v) is 11.1. The molecule has 110 valence electrons. The van der Waals surface area contributed by atoms with Crippen LogP contribution in [0.25, 0.3) is 0 Å². The third kappa shape index (κ3) is 7.30. The minimum atomic E-state index is -0.438. The maximum absolute atomic E-state index is 11.4. The number of carbonyl (C=O) groups excluding carboxylic acids is 4. The molecule has 0 aromatic carbocycles. The van der Waals surface area contributed by atoms with Gasteiger partial charge >= 0.3 is 5.97 Å². The Kier molecular flexibility index (Phi) is 7.02. The summed E-state index contributed by atoms with van der Waals surface area (Å²) in [5, 5.41) is 4.92. The van der Waals surface area contributed by atoms with E-state index < -0.39 is 11.9 Å². The second-order valence-corrected chi connectivity index (χ2v) is 4.27. The maximum atomic E-state index is 11.4. The van der Waals surface area contributed by atoms with E-state index in [9.17, 15) is 19.2 Å². The summed E-state index contributed by atoms with van der Waals surface area (Å²) in [6, 6.07) is 0. The van der Waals surface area contributed by atoms with Crippen molar-refractivity contribution in [3.8, 4) is 0 Å². The third-order valence-electron chi connectivity index (χ3n) is 2.57. The van der Waals surface area contributed by atoms with Crippen LogP contribution in [0, 0.1) is 0 Å². The van der Waals surface area contributed by atoms with E-state index in [2.05, 4.69) is 10.6 Å². The molecule has 0 aromatic rings. The van der Waals surface area contributed by atoms with E-state index in [4.69, 9.17) is 4.74 Å². The monoisotopic (exact) mass is 282 g/mol. The zero-order chi connectivity index (χ0) is 14.8. The second-order valence-electron chi connectivity index (χ2n) is 4.27. The molecule has 2 N–H and O–H groups in total. The predicted octanol–water partition coefficient (Wildman–Crippen LogP) is -0.539. The van der Waals surface area contributed by atoms with Crippen molar-refractivity contribution in [2.24, 2.45) is 0 Å². The van der Waals surface area contributed by atoms with Crippen LogP contribution in [0.3, 0.4) is 0 Å². The van der Waals surface area contributed by atoms with E-state index in [1.54, 1.807) is 6.08 Å². The number of esters is 1. The highest BCUT2D eigenvalue weighted by atomic mass is 16.5. The molecule has 0 saturated heterocycles. The number of hydrogen-bond donors (Lipinski definition) is 2. The van der Waals surface area contributed by atoms with Gasteiger partial charge in [-0.05, 0) is 6.08 Å². The molecular weight excluding hydrogens is 264 g/mol. The summed E-state index contributed by atoms with van der Waals surface area (Å²) in [5.41, 5.74) is 0. The molecule has 0 bridgehead atoms. The molecule has 0 spiro atoms. The van der Waals surface area contributed by atoms with Crippen LogP contribution in [0.1, 0.15) is 25.7 Å².